The highest BCUT2D eigenvalue weighted by atomic mass is 19.1. The van der Waals surface area contributed by atoms with Crippen LogP contribution in [0.5, 0.6) is 0 Å². The van der Waals surface area contributed by atoms with Gasteiger partial charge in [0.25, 0.3) is 11.8 Å². The molecule has 0 saturated carbocycles. The number of hydrogen-bond acceptors (Lipinski definition) is 5. The number of rotatable bonds is 7. The SMILES string of the molecule is O=C(c1ccccc1)N(CCN1CCOCC1)CC1CN(C(=O)c2ccc(F)cc2F)CCO1. The Labute approximate surface area is 197 Å². The van der Waals surface area contributed by atoms with E-state index in [1.165, 1.54) is 4.90 Å². The summed E-state index contributed by atoms with van der Waals surface area (Å²) in [6, 6.07) is 12.0. The summed E-state index contributed by atoms with van der Waals surface area (Å²) < 4.78 is 38.7. The van der Waals surface area contributed by atoms with Crippen molar-refractivity contribution in [3.8, 4) is 0 Å². The third kappa shape index (κ3) is 6.16. The first-order valence-corrected chi connectivity index (χ1v) is 11.5. The predicted octanol–water partition coefficient (Wildman–Crippen LogP) is 2.28. The average Bonchev–Trinajstić information content (AvgIpc) is 2.87. The van der Waals surface area contributed by atoms with Crippen LogP contribution >= 0.6 is 0 Å². The normalized spacial score (nSPS) is 19.1. The predicted molar refractivity (Wildman–Crippen MR) is 122 cm³/mol. The number of carbonyl (C=O) groups is 2. The van der Waals surface area contributed by atoms with Gasteiger partial charge in [-0.05, 0) is 24.3 Å². The molecule has 2 amide bonds. The molecule has 4 rings (SSSR count). The Balaban J connectivity index is 1.43. The van der Waals surface area contributed by atoms with Gasteiger partial charge in [-0.3, -0.25) is 14.5 Å². The number of nitrogens with zero attached hydrogens (tertiary/aromatic N) is 3. The monoisotopic (exact) mass is 473 g/mol. The molecule has 7 nitrogen and oxygen atoms in total. The first-order chi connectivity index (χ1) is 16.5. The summed E-state index contributed by atoms with van der Waals surface area (Å²) in [6.07, 6.45) is -0.418. The molecule has 2 fully saturated rings. The van der Waals surface area contributed by atoms with Crippen LogP contribution < -0.4 is 0 Å². The lowest BCUT2D eigenvalue weighted by Crippen LogP contribution is -2.52. The lowest BCUT2D eigenvalue weighted by molar-refractivity contribution is -0.0348. The summed E-state index contributed by atoms with van der Waals surface area (Å²) in [5.74, 6) is -2.24. The van der Waals surface area contributed by atoms with Gasteiger partial charge in [0.2, 0.25) is 0 Å². The van der Waals surface area contributed by atoms with Crippen LogP contribution in [0.1, 0.15) is 20.7 Å². The van der Waals surface area contributed by atoms with Gasteiger partial charge in [0.15, 0.2) is 0 Å². The van der Waals surface area contributed by atoms with Crippen molar-refractivity contribution in [1.82, 2.24) is 14.7 Å². The van der Waals surface area contributed by atoms with E-state index in [2.05, 4.69) is 4.90 Å². The summed E-state index contributed by atoms with van der Waals surface area (Å²) in [5, 5.41) is 0. The standard InChI is InChI=1S/C25H29F2N3O4/c26-20-6-7-22(23(27)16-20)25(32)30-12-15-34-21(18-30)17-29(9-8-28-10-13-33-14-11-28)24(31)19-4-2-1-3-5-19/h1-7,16,21H,8-15,17-18H2. The Bertz CT molecular complexity index is 985. The summed E-state index contributed by atoms with van der Waals surface area (Å²) >= 11 is 0. The fraction of sp³-hybridized carbons (Fsp3) is 0.440. The van der Waals surface area contributed by atoms with Gasteiger partial charge in [0.1, 0.15) is 11.6 Å². The van der Waals surface area contributed by atoms with Crippen molar-refractivity contribution in [3.63, 3.8) is 0 Å². The van der Waals surface area contributed by atoms with E-state index in [0.717, 1.165) is 25.2 Å². The third-order valence-electron chi connectivity index (χ3n) is 6.11. The molecule has 2 aliphatic heterocycles. The van der Waals surface area contributed by atoms with Gasteiger partial charge in [-0.15, -0.1) is 0 Å². The molecule has 0 aromatic heterocycles. The van der Waals surface area contributed by atoms with E-state index in [9.17, 15) is 18.4 Å². The number of halogens is 2. The van der Waals surface area contributed by atoms with Crippen LogP contribution in [0.4, 0.5) is 8.78 Å². The fourth-order valence-electron chi connectivity index (χ4n) is 4.22. The number of benzene rings is 2. The second kappa shape index (κ2) is 11.5. The highest BCUT2D eigenvalue weighted by Crippen LogP contribution is 2.16. The number of hydrogen-bond donors (Lipinski definition) is 0. The maximum atomic E-state index is 14.1. The maximum Gasteiger partial charge on any atom is 0.257 e. The van der Waals surface area contributed by atoms with Crippen molar-refractivity contribution in [2.24, 2.45) is 0 Å². The van der Waals surface area contributed by atoms with Crippen molar-refractivity contribution in [2.75, 3.05) is 65.6 Å². The van der Waals surface area contributed by atoms with E-state index >= 15 is 0 Å². The molecule has 0 aliphatic carbocycles. The van der Waals surface area contributed by atoms with Crippen molar-refractivity contribution in [3.05, 3.63) is 71.3 Å². The van der Waals surface area contributed by atoms with Gasteiger partial charge in [-0.25, -0.2) is 8.78 Å². The largest absolute Gasteiger partial charge is 0.379 e. The van der Waals surface area contributed by atoms with E-state index < -0.39 is 23.6 Å². The molecule has 2 aliphatic rings. The van der Waals surface area contributed by atoms with Crippen molar-refractivity contribution in [1.29, 1.82) is 0 Å². The Kier molecular flexibility index (Phi) is 8.21. The molecule has 0 N–H and O–H groups in total. The van der Waals surface area contributed by atoms with Crippen LogP contribution in [-0.4, -0.2) is 98.3 Å². The van der Waals surface area contributed by atoms with Gasteiger partial charge in [-0.1, -0.05) is 18.2 Å². The second-order valence-corrected chi connectivity index (χ2v) is 8.44. The minimum absolute atomic E-state index is 0.106. The summed E-state index contributed by atoms with van der Waals surface area (Å²) in [7, 11) is 0. The van der Waals surface area contributed by atoms with E-state index in [4.69, 9.17) is 9.47 Å². The highest BCUT2D eigenvalue weighted by Gasteiger charge is 2.29. The molecule has 1 atom stereocenters. The van der Waals surface area contributed by atoms with Crippen LogP contribution in [0.25, 0.3) is 0 Å². The number of amides is 2. The summed E-state index contributed by atoms with van der Waals surface area (Å²) in [5.41, 5.74) is 0.410. The molecule has 2 heterocycles. The van der Waals surface area contributed by atoms with Crippen LogP contribution in [0.15, 0.2) is 48.5 Å². The van der Waals surface area contributed by atoms with Gasteiger partial charge >= 0.3 is 0 Å². The molecule has 0 radical (unpaired) electrons. The van der Waals surface area contributed by atoms with Gasteiger partial charge in [0.05, 0.1) is 31.5 Å². The topological polar surface area (TPSA) is 62.3 Å². The fourth-order valence-corrected chi connectivity index (χ4v) is 4.22. The van der Waals surface area contributed by atoms with Crippen molar-refractivity contribution >= 4 is 11.8 Å². The van der Waals surface area contributed by atoms with Gasteiger partial charge in [0, 0.05) is 57.4 Å². The molecular weight excluding hydrogens is 444 g/mol. The second-order valence-electron chi connectivity index (χ2n) is 8.44. The van der Waals surface area contributed by atoms with E-state index in [0.29, 0.717) is 51.0 Å². The van der Waals surface area contributed by atoms with Crippen LogP contribution in [0.3, 0.4) is 0 Å². The maximum absolute atomic E-state index is 14.1. The lowest BCUT2D eigenvalue weighted by Gasteiger charge is -2.37. The number of ether oxygens (including phenoxy) is 2. The minimum Gasteiger partial charge on any atom is -0.379 e. The van der Waals surface area contributed by atoms with Crippen LogP contribution in [0, 0.1) is 11.6 Å². The zero-order valence-electron chi connectivity index (χ0n) is 19.0. The Morgan fingerprint density at radius 2 is 1.76 bits per heavy atom. The molecule has 1 unspecified atom stereocenters. The Morgan fingerprint density at radius 3 is 2.50 bits per heavy atom. The van der Waals surface area contributed by atoms with Gasteiger partial charge < -0.3 is 19.3 Å². The van der Waals surface area contributed by atoms with E-state index in [1.807, 2.05) is 18.2 Å². The smallest absolute Gasteiger partial charge is 0.257 e. The molecule has 0 bridgehead atoms. The molecular formula is C25H29F2N3O4. The van der Waals surface area contributed by atoms with Gasteiger partial charge in [-0.2, -0.15) is 0 Å². The van der Waals surface area contributed by atoms with Crippen LogP contribution in [0.2, 0.25) is 0 Å². The molecule has 9 heteroatoms. The van der Waals surface area contributed by atoms with Crippen molar-refractivity contribution < 1.29 is 27.8 Å². The summed E-state index contributed by atoms with van der Waals surface area (Å²) in [6.45, 7) is 5.29. The lowest BCUT2D eigenvalue weighted by atomic mass is 10.1. The molecule has 2 aromatic rings. The zero-order chi connectivity index (χ0) is 23.9. The molecule has 2 aromatic carbocycles. The molecule has 34 heavy (non-hydrogen) atoms. The number of carbonyl (C=O) groups excluding carboxylic acids is 2. The quantitative estimate of drug-likeness (QED) is 0.618. The summed E-state index contributed by atoms with van der Waals surface area (Å²) in [4.78, 5) is 31.6. The van der Waals surface area contributed by atoms with Crippen LogP contribution in [-0.2, 0) is 9.47 Å². The van der Waals surface area contributed by atoms with E-state index in [-0.39, 0.29) is 24.6 Å². The Morgan fingerprint density at radius 1 is 1.00 bits per heavy atom. The van der Waals surface area contributed by atoms with Crippen molar-refractivity contribution in [2.45, 2.75) is 6.10 Å². The first kappa shape index (κ1) is 24.3. The third-order valence-corrected chi connectivity index (χ3v) is 6.11. The Hall–Kier alpha value is -2.88. The average molecular weight is 474 g/mol. The highest BCUT2D eigenvalue weighted by molar-refractivity contribution is 5.95. The number of morpholine rings is 2. The molecule has 182 valence electrons. The zero-order valence-corrected chi connectivity index (χ0v) is 19.0. The molecule has 2 saturated heterocycles. The van der Waals surface area contributed by atoms with E-state index in [1.54, 1.807) is 17.0 Å². The first-order valence-electron chi connectivity index (χ1n) is 11.5. The minimum atomic E-state index is -0.889. The molecule has 0 spiro atoms.